The number of rotatable bonds is 3. The van der Waals surface area contributed by atoms with Crippen LogP contribution in [0.2, 0.25) is 0 Å². The maximum atomic E-state index is 11.7. The molecule has 0 saturated carbocycles. The zero-order valence-electron chi connectivity index (χ0n) is 13.8. The lowest BCUT2D eigenvalue weighted by Crippen LogP contribution is -2.48. The third kappa shape index (κ3) is 3.24. The highest BCUT2D eigenvalue weighted by atomic mass is 16.6. The van der Waals surface area contributed by atoms with Crippen molar-refractivity contribution < 1.29 is 9.72 Å². The van der Waals surface area contributed by atoms with Crippen molar-refractivity contribution in [3.63, 3.8) is 0 Å². The van der Waals surface area contributed by atoms with Gasteiger partial charge in [0.15, 0.2) is 0 Å². The lowest BCUT2D eigenvalue weighted by molar-refractivity contribution is -0.383. The summed E-state index contributed by atoms with van der Waals surface area (Å²) in [6.45, 7) is 5.29. The average molecular weight is 334 g/mol. The summed E-state index contributed by atoms with van der Waals surface area (Å²) in [5.41, 5.74) is -0.0179. The van der Waals surface area contributed by atoms with Gasteiger partial charge >= 0.3 is 5.69 Å². The van der Waals surface area contributed by atoms with Gasteiger partial charge in [0, 0.05) is 46.2 Å². The van der Waals surface area contributed by atoms with Crippen LogP contribution in [-0.4, -0.2) is 65.0 Å². The fourth-order valence-electron chi connectivity index (χ4n) is 3.33. The standard InChI is InChI=1S/C15H22N6O3/c1-12(22)18-7-9-20(10-8-18)15-13(21(23)24)14(16-11-17-15)19-5-3-2-4-6-19/h11H,2-10H2,1H3. The van der Waals surface area contributed by atoms with Gasteiger partial charge in [0.2, 0.25) is 17.5 Å². The van der Waals surface area contributed by atoms with Gasteiger partial charge in [0.1, 0.15) is 6.33 Å². The fourth-order valence-corrected chi connectivity index (χ4v) is 3.33. The quantitative estimate of drug-likeness (QED) is 0.602. The maximum absolute atomic E-state index is 11.7. The molecule has 9 nitrogen and oxygen atoms in total. The molecule has 0 bridgehead atoms. The summed E-state index contributed by atoms with van der Waals surface area (Å²) in [4.78, 5) is 36.8. The number of hydrogen-bond donors (Lipinski definition) is 0. The Morgan fingerprint density at radius 1 is 1.00 bits per heavy atom. The van der Waals surface area contributed by atoms with E-state index in [1.807, 2.05) is 9.80 Å². The largest absolute Gasteiger partial charge is 0.353 e. The predicted molar refractivity (Wildman–Crippen MR) is 89.2 cm³/mol. The minimum atomic E-state index is -0.378. The highest BCUT2D eigenvalue weighted by molar-refractivity contribution is 5.74. The number of carbonyl (C=O) groups is 1. The van der Waals surface area contributed by atoms with E-state index in [2.05, 4.69) is 9.97 Å². The minimum absolute atomic E-state index is 0.0179. The molecule has 1 amide bonds. The van der Waals surface area contributed by atoms with Crippen LogP contribution in [0.3, 0.4) is 0 Å². The summed E-state index contributed by atoms with van der Waals surface area (Å²) in [5.74, 6) is 0.804. The van der Waals surface area contributed by atoms with Crippen LogP contribution in [0.25, 0.3) is 0 Å². The van der Waals surface area contributed by atoms with Gasteiger partial charge in [0.25, 0.3) is 0 Å². The van der Waals surface area contributed by atoms with Gasteiger partial charge in [0.05, 0.1) is 4.92 Å². The van der Waals surface area contributed by atoms with Crippen LogP contribution >= 0.6 is 0 Å². The molecular formula is C15H22N6O3. The normalized spacial score (nSPS) is 18.6. The molecule has 2 aliphatic rings. The Morgan fingerprint density at radius 3 is 2.04 bits per heavy atom. The van der Waals surface area contributed by atoms with E-state index in [0.29, 0.717) is 37.8 Å². The lowest BCUT2D eigenvalue weighted by Gasteiger charge is -2.35. The lowest BCUT2D eigenvalue weighted by atomic mass is 10.1. The Labute approximate surface area is 140 Å². The van der Waals surface area contributed by atoms with E-state index in [0.717, 1.165) is 32.4 Å². The second-order valence-electron chi connectivity index (χ2n) is 6.17. The Bertz CT molecular complexity index is 624. The molecule has 3 heterocycles. The van der Waals surface area contributed by atoms with Crippen molar-refractivity contribution in [2.75, 3.05) is 49.1 Å². The smallest absolute Gasteiger partial charge is 0.351 e. The molecule has 3 rings (SSSR count). The van der Waals surface area contributed by atoms with E-state index < -0.39 is 0 Å². The molecule has 9 heteroatoms. The molecule has 24 heavy (non-hydrogen) atoms. The Morgan fingerprint density at radius 2 is 1.54 bits per heavy atom. The minimum Gasteiger partial charge on any atom is -0.351 e. The number of nitro groups is 1. The van der Waals surface area contributed by atoms with E-state index in [-0.39, 0.29) is 16.5 Å². The van der Waals surface area contributed by atoms with Crippen molar-refractivity contribution in [2.24, 2.45) is 0 Å². The van der Waals surface area contributed by atoms with Crippen molar-refractivity contribution in [3.8, 4) is 0 Å². The molecule has 0 radical (unpaired) electrons. The van der Waals surface area contributed by atoms with Gasteiger partial charge in [-0.15, -0.1) is 0 Å². The number of anilines is 2. The first-order valence-electron chi connectivity index (χ1n) is 8.32. The first kappa shape index (κ1) is 16.4. The number of aromatic nitrogens is 2. The number of piperidine rings is 1. The molecule has 2 aliphatic heterocycles. The summed E-state index contributed by atoms with van der Waals surface area (Å²) in [6.07, 6.45) is 4.60. The Kier molecular flexibility index (Phi) is 4.77. The third-order valence-corrected chi connectivity index (χ3v) is 4.65. The van der Waals surface area contributed by atoms with Gasteiger partial charge in [-0.25, -0.2) is 9.97 Å². The molecule has 0 N–H and O–H groups in total. The molecule has 0 aliphatic carbocycles. The first-order valence-corrected chi connectivity index (χ1v) is 8.32. The fraction of sp³-hybridized carbons (Fsp3) is 0.667. The van der Waals surface area contributed by atoms with Crippen molar-refractivity contribution in [2.45, 2.75) is 26.2 Å². The summed E-state index contributed by atoms with van der Waals surface area (Å²) >= 11 is 0. The number of carbonyl (C=O) groups excluding carboxylic acids is 1. The molecule has 2 fully saturated rings. The van der Waals surface area contributed by atoms with E-state index in [1.54, 1.807) is 4.90 Å². The average Bonchev–Trinajstić information content (AvgIpc) is 2.61. The van der Waals surface area contributed by atoms with Gasteiger partial charge < -0.3 is 14.7 Å². The number of piperazine rings is 1. The Hall–Kier alpha value is -2.45. The second-order valence-corrected chi connectivity index (χ2v) is 6.17. The van der Waals surface area contributed by atoms with Crippen LogP contribution in [0.5, 0.6) is 0 Å². The zero-order valence-corrected chi connectivity index (χ0v) is 13.8. The highest BCUT2D eigenvalue weighted by Gasteiger charge is 2.32. The molecule has 0 spiro atoms. The molecule has 0 atom stereocenters. The topological polar surface area (TPSA) is 95.7 Å². The van der Waals surface area contributed by atoms with Crippen LogP contribution in [0, 0.1) is 10.1 Å². The van der Waals surface area contributed by atoms with Crippen molar-refractivity contribution in [1.29, 1.82) is 0 Å². The van der Waals surface area contributed by atoms with Crippen LogP contribution < -0.4 is 9.80 Å². The second kappa shape index (κ2) is 6.98. The van der Waals surface area contributed by atoms with Gasteiger partial charge in [-0.3, -0.25) is 14.9 Å². The maximum Gasteiger partial charge on any atom is 0.353 e. The van der Waals surface area contributed by atoms with E-state index in [4.69, 9.17) is 0 Å². The van der Waals surface area contributed by atoms with Gasteiger partial charge in [-0.2, -0.15) is 0 Å². The number of amides is 1. The van der Waals surface area contributed by atoms with Crippen LogP contribution in [0.1, 0.15) is 26.2 Å². The van der Waals surface area contributed by atoms with E-state index in [9.17, 15) is 14.9 Å². The van der Waals surface area contributed by atoms with Crippen molar-refractivity contribution in [3.05, 3.63) is 16.4 Å². The summed E-state index contributed by atoms with van der Waals surface area (Å²) < 4.78 is 0. The molecular weight excluding hydrogens is 312 g/mol. The molecule has 1 aromatic heterocycles. The Balaban J connectivity index is 1.88. The highest BCUT2D eigenvalue weighted by Crippen LogP contribution is 2.35. The van der Waals surface area contributed by atoms with Gasteiger partial charge in [-0.05, 0) is 19.3 Å². The zero-order chi connectivity index (χ0) is 17.1. The van der Waals surface area contributed by atoms with Crippen molar-refractivity contribution >= 4 is 23.2 Å². The van der Waals surface area contributed by atoms with Crippen molar-refractivity contribution in [1.82, 2.24) is 14.9 Å². The predicted octanol–water partition coefficient (Wildman–Crippen LogP) is 1.04. The van der Waals surface area contributed by atoms with Gasteiger partial charge in [-0.1, -0.05) is 0 Å². The molecule has 1 aromatic rings. The third-order valence-electron chi connectivity index (χ3n) is 4.65. The summed E-state index contributed by atoms with van der Waals surface area (Å²) in [5, 5.41) is 11.7. The molecule has 0 unspecified atom stereocenters. The molecule has 130 valence electrons. The monoisotopic (exact) mass is 334 g/mol. The SMILES string of the molecule is CC(=O)N1CCN(c2ncnc(N3CCCCC3)c2[N+](=O)[O-])CC1. The molecule has 2 saturated heterocycles. The van der Waals surface area contributed by atoms with E-state index >= 15 is 0 Å². The molecule has 0 aromatic carbocycles. The summed E-state index contributed by atoms with van der Waals surface area (Å²) in [6, 6.07) is 0. The van der Waals surface area contributed by atoms with E-state index in [1.165, 1.54) is 13.3 Å². The number of hydrogen-bond acceptors (Lipinski definition) is 7. The number of nitrogens with zero attached hydrogens (tertiary/aromatic N) is 6. The summed E-state index contributed by atoms with van der Waals surface area (Å²) in [7, 11) is 0. The van der Waals surface area contributed by atoms with Crippen LogP contribution in [0.4, 0.5) is 17.3 Å². The van der Waals surface area contributed by atoms with Crippen LogP contribution in [-0.2, 0) is 4.79 Å². The first-order chi connectivity index (χ1) is 11.6. The van der Waals surface area contributed by atoms with Crippen LogP contribution in [0.15, 0.2) is 6.33 Å².